The van der Waals surface area contributed by atoms with E-state index in [1.54, 1.807) is 5.38 Å². The Labute approximate surface area is 161 Å². The van der Waals surface area contributed by atoms with Gasteiger partial charge in [0.15, 0.2) is 5.82 Å². The Kier molecular flexibility index (Phi) is 4.87. The number of piperazine rings is 1. The highest BCUT2D eigenvalue weighted by Crippen LogP contribution is 2.38. The number of anilines is 1. The molecule has 10 heteroatoms. The van der Waals surface area contributed by atoms with Crippen LogP contribution in [0, 0.1) is 0 Å². The van der Waals surface area contributed by atoms with E-state index in [0.717, 1.165) is 22.8 Å². The lowest BCUT2D eigenvalue weighted by atomic mass is 10.2. The van der Waals surface area contributed by atoms with Gasteiger partial charge < -0.3 is 9.64 Å². The van der Waals surface area contributed by atoms with Crippen LogP contribution in [0.4, 0.5) is 5.82 Å². The third-order valence-corrected chi connectivity index (χ3v) is 7.81. The van der Waals surface area contributed by atoms with E-state index < -0.39 is 16.0 Å². The fraction of sp³-hybridized carbons (Fsp3) is 0.471. The molecule has 0 unspecified atom stereocenters. The van der Waals surface area contributed by atoms with Gasteiger partial charge in [0.2, 0.25) is 10.0 Å². The molecule has 27 heavy (non-hydrogen) atoms. The van der Waals surface area contributed by atoms with E-state index in [9.17, 15) is 13.2 Å². The average Bonchev–Trinajstić information content (AvgIpc) is 3.43. The molecule has 2 aliphatic rings. The van der Waals surface area contributed by atoms with Crippen molar-refractivity contribution in [1.82, 2.24) is 14.5 Å². The van der Waals surface area contributed by atoms with Crippen molar-refractivity contribution in [3.63, 3.8) is 0 Å². The number of ether oxygens (including phenoxy) is 1. The van der Waals surface area contributed by atoms with Crippen LogP contribution in [0.3, 0.4) is 0 Å². The molecule has 1 saturated carbocycles. The summed E-state index contributed by atoms with van der Waals surface area (Å²) in [7, 11) is -2.50. The van der Waals surface area contributed by atoms with Crippen molar-refractivity contribution in [2.75, 3.05) is 38.2 Å². The molecule has 1 aliphatic carbocycles. The predicted octanol–water partition coefficient (Wildman–Crippen LogP) is 1.71. The summed E-state index contributed by atoms with van der Waals surface area (Å²) < 4.78 is 32.0. The number of thiophene rings is 1. The van der Waals surface area contributed by atoms with Gasteiger partial charge in [-0.25, -0.2) is 13.2 Å². The zero-order valence-corrected chi connectivity index (χ0v) is 16.5. The highest BCUT2D eigenvalue weighted by Gasteiger charge is 2.33. The summed E-state index contributed by atoms with van der Waals surface area (Å²) in [6.07, 6.45) is 2.36. The Morgan fingerprint density at radius 1 is 1.15 bits per heavy atom. The lowest BCUT2D eigenvalue weighted by molar-refractivity contribution is 0.0602. The highest BCUT2D eigenvalue weighted by atomic mass is 32.2. The standard InChI is InChI=1S/C17H20N4O4S2/c1-25-17(22)16-14(6-11-26-16)27(23,24)21-9-7-20(8-10-21)15-5-4-13(18-19-15)12-2-3-12/h4-6,11-12H,2-3,7-10H2,1H3. The Bertz CT molecular complexity index is 930. The van der Waals surface area contributed by atoms with Gasteiger partial charge in [-0.3, -0.25) is 0 Å². The van der Waals surface area contributed by atoms with E-state index in [1.165, 1.54) is 30.3 Å². The quantitative estimate of drug-likeness (QED) is 0.696. The van der Waals surface area contributed by atoms with Crippen LogP contribution in [-0.2, 0) is 14.8 Å². The van der Waals surface area contributed by atoms with E-state index in [1.807, 2.05) is 17.0 Å². The molecule has 0 amide bonds. The molecule has 0 spiro atoms. The normalized spacial score (nSPS) is 18.5. The predicted molar refractivity (Wildman–Crippen MR) is 101 cm³/mol. The fourth-order valence-electron chi connectivity index (χ4n) is 3.14. The zero-order chi connectivity index (χ0) is 19.0. The number of carbonyl (C=O) groups is 1. The lowest BCUT2D eigenvalue weighted by Gasteiger charge is -2.34. The van der Waals surface area contributed by atoms with Crippen LogP contribution in [0.1, 0.15) is 34.1 Å². The van der Waals surface area contributed by atoms with Gasteiger partial charge >= 0.3 is 5.97 Å². The van der Waals surface area contributed by atoms with Gasteiger partial charge in [-0.15, -0.1) is 16.4 Å². The number of hydrogen-bond acceptors (Lipinski definition) is 8. The van der Waals surface area contributed by atoms with E-state index in [2.05, 4.69) is 14.9 Å². The summed E-state index contributed by atoms with van der Waals surface area (Å²) in [5, 5.41) is 10.2. The number of esters is 1. The summed E-state index contributed by atoms with van der Waals surface area (Å²) in [5.41, 5.74) is 1.03. The fourth-order valence-corrected chi connectivity index (χ4v) is 5.87. The van der Waals surface area contributed by atoms with Crippen LogP contribution in [0.5, 0.6) is 0 Å². The van der Waals surface area contributed by atoms with Gasteiger partial charge in [0.1, 0.15) is 9.77 Å². The second kappa shape index (κ2) is 7.17. The summed E-state index contributed by atoms with van der Waals surface area (Å²) in [5.74, 6) is 0.693. The number of rotatable bonds is 5. The average molecular weight is 409 g/mol. The van der Waals surface area contributed by atoms with Crippen molar-refractivity contribution >= 4 is 33.1 Å². The molecule has 1 aliphatic heterocycles. The molecule has 0 N–H and O–H groups in total. The maximum Gasteiger partial charge on any atom is 0.349 e. The third kappa shape index (κ3) is 3.56. The third-order valence-electron chi connectivity index (χ3n) is 4.85. The number of aromatic nitrogens is 2. The maximum atomic E-state index is 12.9. The van der Waals surface area contributed by atoms with Crippen molar-refractivity contribution in [2.24, 2.45) is 0 Å². The minimum atomic E-state index is -3.74. The first-order chi connectivity index (χ1) is 13.0. The summed E-state index contributed by atoms with van der Waals surface area (Å²) in [6, 6.07) is 5.43. The van der Waals surface area contributed by atoms with Crippen LogP contribution in [0.15, 0.2) is 28.5 Å². The van der Waals surface area contributed by atoms with E-state index in [-0.39, 0.29) is 9.77 Å². The van der Waals surface area contributed by atoms with Gasteiger partial charge in [-0.05, 0) is 36.4 Å². The first-order valence-electron chi connectivity index (χ1n) is 8.75. The number of carbonyl (C=O) groups excluding carboxylic acids is 1. The van der Waals surface area contributed by atoms with E-state index in [4.69, 9.17) is 0 Å². The van der Waals surface area contributed by atoms with Crippen molar-refractivity contribution in [1.29, 1.82) is 0 Å². The molecule has 3 heterocycles. The lowest BCUT2D eigenvalue weighted by Crippen LogP contribution is -2.49. The largest absolute Gasteiger partial charge is 0.465 e. The molecule has 144 valence electrons. The molecule has 8 nitrogen and oxygen atoms in total. The molecular formula is C17H20N4O4S2. The Morgan fingerprint density at radius 2 is 1.89 bits per heavy atom. The number of methoxy groups -OCH3 is 1. The molecule has 0 bridgehead atoms. The molecule has 0 radical (unpaired) electrons. The highest BCUT2D eigenvalue weighted by molar-refractivity contribution is 7.89. The van der Waals surface area contributed by atoms with Crippen molar-refractivity contribution in [2.45, 2.75) is 23.7 Å². The number of nitrogens with zero attached hydrogens (tertiary/aromatic N) is 4. The molecule has 2 aromatic rings. The first kappa shape index (κ1) is 18.3. The van der Waals surface area contributed by atoms with Gasteiger partial charge in [0.05, 0.1) is 12.8 Å². The summed E-state index contributed by atoms with van der Waals surface area (Å²) in [4.78, 5) is 14.0. The summed E-state index contributed by atoms with van der Waals surface area (Å²) in [6.45, 7) is 1.69. The van der Waals surface area contributed by atoms with Gasteiger partial charge in [-0.1, -0.05) is 0 Å². The molecule has 2 fully saturated rings. The summed E-state index contributed by atoms with van der Waals surface area (Å²) >= 11 is 1.07. The van der Waals surface area contributed by atoms with Gasteiger partial charge in [-0.2, -0.15) is 9.40 Å². The van der Waals surface area contributed by atoms with Crippen LogP contribution in [0.25, 0.3) is 0 Å². The Morgan fingerprint density at radius 3 is 2.48 bits per heavy atom. The second-order valence-corrected chi connectivity index (χ2v) is 9.41. The van der Waals surface area contributed by atoms with Crippen LogP contribution in [-0.4, -0.2) is 62.2 Å². The molecule has 1 saturated heterocycles. The SMILES string of the molecule is COC(=O)c1sccc1S(=O)(=O)N1CCN(c2ccc(C3CC3)nn2)CC1. The first-order valence-corrected chi connectivity index (χ1v) is 11.1. The zero-order valence-electron chi connectivity index (χ0n) is 14.9. The number of hydrogen-bond donors (Lipinski definition) is 0. The minimum Gasteiger partial charge on any atom is -0.465 e. The van der Waals surface area contributed by atoms with Gasteiger partial charge in [0, 0.05) is 32.1 Å². The van der Waals surface area contributed by atoms with Crippen LogP contribution < -0.4 is 4.90 Å². The second-order valence-electron chi connectivity index (χ2n) is 6.59. The van der Waals surface area contributed by atoms with Crippen LogP contribution >= 0.6 is 11.3 Å². The van der Waals surface area contributed by atoms with Crippen molar-refractivity contribution < 1.29 is 17.9 Å². The Balaban J connectivity index is 1.45. The topological polar surface area (TPSA) is 92.7 Å². The smallest absolute Gasteiger partial charge is 0.349 e. The molecule has 0 atom stereocenters. The van der Waals surface area contributed by atoms with E-state index in [0.29, 0.717) is 32.1 Å². The minimum absolute atomic E-state index is 0.0152. The van der Waals surface area contributed by atoms with Gasteiger partial charge in [0.25, 0.3) is 0 Å². The Hall–Kier alpha value is -2.04. The van der Waals surface area contributed by atoms with Crippen molar-refractivity contribution in [3.05, 3.63) is 34.2 Å². The molecule has 4 rings (SSSR count). The molecule has 0 aromatic carbocycles. The number of sulfonamides is 1. The van der Waals surface area contributed by atoms with Crippen LogP contribution in [0.2, 0.25) is 0 Å². The van der Waals surface area contributed by atoms with E-state index >= 15 is 0 Å². The van der Waals surface area contributed by atoms with Crippen molar-refractivity contribution in [3.8, 4) is 0 Å². The molecule has 2 aromatic heterocycles. The monoisotopic (exact) mass is 408 g/mol. The molecular weight excluding hydrogens is 388 g/mol. The maximum absolute atomic E-state index is 12.9.